The number of phenols is 1. The molecule has 0 bridgehead atoms. The second-order valence-corrected chi connectivity index (χ2v) is 7.68. The van der Waals surface area contributed by atoms with Gasteiger partial charge in [0.05, 0.1) is 0 Å². The van der Waals surface area contributed by atoms with Gasteiger partial charge in [0.25, 0.3) is 5.91 Å². The Morgan fingerprint density at radius 2 is 2.00 bits per heavy atom. The summed E-state index contributed by atoms with van der Waals surface area (Å²) in [6.45, 7) is 1.42. The molecule has 0 saturated carbocycles. The van der Waals surface area contributed by atoms with Crippen molar-refractivity contribution in [2.75, 3.05) is 19.3 Å². The first kappa shape index (κ1) is 16.7. The van der Waals surface area contributed by atoms with Crippen LogP contribution >= 0.6 is 0 Å². The van der Waals surface area contributed by atoms with Crippen LogP contribution in [0.25, 0.3) is 0 Å². The molecule has 2 aromatic rings. The van der Waals surface area contributed by atoms with Crippen molar-refractivity contribution in [1.82, 2.24) is 4.90 Å². The molecule has 4 nitrogen and oxygen atoms in total. The van der Waals surface area contributed by atoms with Gasteiger partial charge in [0.15, 0.2) is 0 Å². The maximum Gasteiger partial charge on any atom is 0.253 e. The molecule has 126 valence electrons. The van der Waals surface area contributed by atoms with Crippen LogP contribution in [0.15, 0.2) is 48.5 Å². The zero-order valence-corrected chi connectivity index (χ0v) is 14.5. The Morgan fingerprint density at radius 1 is 1.25 bits per heavy atom. The molecule has 1 aliphatic heterocycles. The van der Waals surface area contributed by atoms with E-state index >= 15 is 0 Å². The van der Waals surface area contributed by atoms with Crippen molar-refractivity contribution in [3.63, 3.8) is 0 Å². The molecule has 1 N–H and O–H groups in total. The van der Waals surface area contributed by atoms with Gasteiger partial charge in [0.2, 0.25) is 0 Å². The molecule has 1 saturated heterocycles. The lowest BCUT2D eigenvalue weighted by Gasteiger charge is -2.17. The fourth-order valence-corrected chi connectivity index (χ4v) is 3.82. The van der Waals surface area contributed by atoms with E-state index in [0.29, 0.717) is 23.8 Å². The number of carbonyl (C=O) groups excluding carboxylic acids is 1. The van der Waals surface area contributed by atoms with E-state index in [9.17, 15) is 14.1 Å². The number of rotatable bonds is 4. The minimum Gasteiger partial charge on any atom is -0.508 e. The molecule has 1 amide bonds. The zero-order chi connectivity index (χ0) is 17.1. The van der Waals surface area contributed by atoms with Crippen molar-refractivity contribution in [2.24, 2.45) is 0 Å². The van der Waals surface area contributed by atoms with Crippen LogP contribution in [0, 0.1) is 0 Å². The average Bonchev–Trinajstić information content (AvgIpc) is 3.04. The van der Waals surface area contributed by atoms with Crippen molar-refractivity contribution >= 4 is 16.7 Å². The molecule has 5 heteroatoms. The Kier molecular flexibility index (Phi) is 5.00. The summed E-state index contributed by atoms with van der Waals surface area (Å²) < 4.78 is 11.4. The second kappa shape index (κ2) is 7.18. The van der Waals surface area contributed by atoms with Gasteiger partial charge in [-0.15, -0.1) is 0 Å². The number of carbonyl (C=O) groups is 1. The molecule has 3 rings (SSSR count). The molecule has 0 aliphatic carbocycles. The number of amides is 1. The van der Waals surface area contributed by atoms with Gasteiger partial charge in [-0.3, -0.25) is 9.00 Å². The number of aromatic hydroxyl groups is 1. The molecular weight excluding hydrogens is 322 g/mol. The third kappa shape index (κ3) is 3.85. The van der Waals surface area contributed by atoms with E-state index in [1.165, 1.54) is 0 Å². The summed E-state index contributed by atoms with van der Waals surface area (Å²) in [4.78, 5) is 14.6. The molecule has 1 fully saturated rings. The van der Waals surface area contributed by atoms with Crippen molar-refractivity contribution in [2.45, 2.75) is 18.1 Å². The maximum absolute atomic E-state index is 12.7. The average molecular weight is 343 g/mol. The van der Waals surface area contributed by atoms with Gasteiger partial charge in [-0.2, -0.15) is 0 Å². The number of phenolic OH excluding ortho intramolecular Hbond substituents is 1. The van der Waals surface area contributed by atoms with Crippen LogP contribution in [0.1, 0.15) is 33.8 Å². The van der Waals surface area contributed by atoms with Crippen LogP contribution in [0.2, 0.25) is 0 Å². The third-order valence-corrected chi connectivity index (χ3v) is 5.12. The Balaban J connectivity index is 1.70. The number of nitrogens with zero attached hydrogens (tertiary/aromatic N) is 1. The predicted molar refractivity (Wildman–Crippen MR) is 95.6 cm³/mol. The van der Waals surface area contributed by atoms with Crippen LogP contribution < -0.4 is 0 Å². The van der Waals surface area contributed by atoms with Crippen LogP contribution in [0.5, 0.6) is 5.75 Å². The summed E-state index contributed by atoms with van der Waals surface area (Å²) >= 11 is 0. The molecule has 2 unspecified atom stereocenters. The highest BCUT2D eigenvalue weighted by Crippen LogP contribution is 2.29. The normalized spacial score (nSPS) is 18.5. The second-order valence-electron chi connectivity index (χ2n) is 6.25. The van der Waals surface area contributed by atoms with Crippen molar-refractivity contribution in [1.29, 1.82) is 0 Å². The first-order chi connectivity index (χ1) is 11.5. The monoisotopic (exact) mass is 343 g/mol. The number of hydrogen-bond acceptors (Lipinski definition) is 3. The first-order valence-electron chi connectivity index (χ1n) is 8.00. The van der Waals surface area contributed by atoms with Crippen LogP contribution in [0.4, 0.5) is 0 Å². The van der Waals surface area contributed by atoms with Gasteiger partial charge in [-0.25, -0.2) is 0 Å². The molecule has 2 aromatic carbocycles. The molecule has 24 heavy (non-hydrogen) atoms. The van der Waals surface area contributed by atoms with Crippen molar-refractivity contribution < 1.29 is 14.1 Å². The maximum atomic E-state index is 12.7. The smallest absolute Gasteiger partial charge is 0.253 e. The molecule has 0 aromatic heterocycles. The third-order valence-electron chi connectivity index (χ3n) is 4.38. The Labute approximate surface area is 144 Å². The van der Waals surface area contributed by atoms with Gasteiger partial charge < -0.3 is 10.0 Å². The van der Waals surface area contributed by atoms with Crippen molar-refractivity contribution in [3.8, 4) is 5.75 Å². The summed E-state index contributed by atoms with van der Waals surface area (Å²) in [6, 6.07) is 14.6. The Morgan fingerprint density at radius 3 is 2.71 bits per heavy atom. The first-order valence-corrected chi connectivity index (χ1v) is 9.73. The zero-order valence-electron chi connectivity index (χ0n) is 13.6. The molecule has 0 spiro atoms. The molecule has 1 heterocycles. The summed E-state index contributed by atoms with van der Waals surface area (Å²) in [7, 11) is -0.918. The summed E-state index contributed by atoms with van der Waals surface area (Å²) in [6.07, 6.45) is 2.59. The van der Waals surface area contributed by atoms with Gasteiger partial charge in [0, 0.05) is 47.4 Å². The highest BCUT2D eigenvalue weighted by molar-refractivity contribution is 7.83. The molecule has 1 aliphatic rings. The number of likely N-dealkylation sites (tertiary alicyclic amines) is 1. The van der Waals surface area contributed by atoms with Gasteiger partial charge >= 0.3 is 0 Å². The highest BCUT2D eigenvalue weighted by Gasteiger charge is 2.28. The van der Waals surface area contributed by atoms with Gasteiger partial charge in [-0.05, 0) is 41.8 Å². The van der Waals surface area contributed by atoms with Gasteiger partial charge in [0.1, 0.15) is 5.75 Å². The van der Waals surface area contributed by atoms with E-state index in [2.05, 4.69) is 0 Å². The van der Waals surface area contributed by atoms with E-state index in [1.54, 1.807) is 18.4 Å². The summed E-state index contributed by atoms with van der Waals surface area (Å²) in [5, 5.41) is 9.39. The quantitative estimate of drug-likeness (QED) is 0.929. The Bertz CT molecular complexity index is 757. The fraction of sp³-hybridized carbons (Fsp3) is 0.316. The van der Waals surface area contributed by atoms with E-state index in [1.807, 2.05) is 41.3 Å². The predicted octanol–water partition coefficient (Wildman–Crippen LogP) is 2.90. The van der Waals surface area contributed by atoms with Crippen LogP contribution in [0.3, 0.4) is 0 Å². The molecular formula is C19H21NO3S. The van der Waals surface area contributed by atoms with E-state index in [4.69, 9.17) is 0 Å². The van der Waals surface area contributed by atoms with Crippen LogP contribution in [-0.2, 0) is 16.6 Å². The molecule has 0 radical (unpaired) electrons. The molecule has 2 atom stereocenters. The van der Waals surface area contributed by atoms with Gasteiger partial charge in [-0.1, -0.05) is 24.3 Å². The largest absolute Gasteiger partial charge is 0.508 e. The minimum absolute atomic E-state index is 0.0278. The standard InChI is InChI=1S/C19H21NO3S/c1-24(23)13-14-3-2-4-16(11-14)19(22)20-10-9-17(12-20)15-5-7-18(21)8-6-15/h2-8,11,17,21H,9-10,12-13H2,1H3. The van der Waals surface area contributed by atoms with E-state index in [-0.39, 0.29) is 11.7 Å². The minimum atomic E-state index is -0.918. The number of benzene rings is 2. The SMILES string of the molecule is CS(=O)Cc1cccc(C(=O)N2CCC(c3ccc(O)cc3)C2)c1. The topological polar surface area (TPSA) is 57.6 Å². The lowest BCUT2D eigenvalue weighted by molar-refractivity contribution is 0.0790. The fourth-order valence-electron chi connectivity index (χ4n) is 3.17. The lowest BCUT2D eigenvalue weighted by atomic mass is 9.98. The van der Waals surface area contributed by atoms with E-state index in [0.717, 1.165) is 24.1 Å². The lowest BCUT2D eigenvalue weighted by Crippen LogP contribution is -2.28. The van der Waals surface area contributed by atoms with Crippen LogP contribution in [-0.4, -0.2) is 39.5 Å². The van der Waals surface area contributed by atoms with E-state index < -0.39 is 10.8 Å². The summed E-state index contributed by atoms with van der Waals surface area (Å²) in [5.74, 6) is 1.06. The highest BCUT2D eigenvalue weighted by atomic mass is 32.2. The summed E-state index contributed by atoms with van der Waals surface area (Å²) in [5.41, 5.74) is 2.73. The number of hydrogen-bond donors (Lipinski definition) is 1. The van der Waals surface area contributed by atoms with Crippen molar-refractivity contribution in [3.05, 3.63) is 65.2 Å². The Hall–Kier alpha value is -2.14.